The smallest absolute Gasteiger partial charge is 0.220 e. The van der Waals surface area contributed by atoms with Gasteiger partial charge in [0, 0.05) is 19.6 Å². The molecule has 4 nitrogen and oxygen atoms in total. The fourth-order valence-electron chi connectivity index (χ4n) is 1.53. The van der Waals surface area contributed by atoms with E-state index in [1.807, 2.05) is 0 Å². The Balaban J connectivity index is 1.91. The molecule has 0 heterocycles. The first-order chi connectivity index (χ1) is 7.76. The number of hydrogen-bond acceptors (Lipinski definition) is 3. The number of nitrogens with two attached hydrogens (primary N) is 1. The summed E-state index contributed by atoms with van der Waals surface area (Å²) in [7, 11) is 0. The second-order valence-electron chi connectivity index (χ2n) is 4.58. The van der Waals surface area contributed by atoms with Crippen molar-refractivity contribution in [2.24, 2.45) is 17.6 Å². The molecule has 1 atom stereocenters. The van der Waals surface area contributed by atoms with Gasteiger partial charge in [-0.2, -0.15) is 0 Å². The van der Waals surface area contributed by atoms with E-state index in [-0.39, 0.29) is 5.91 Å². The molecular formula is C12H24N2O2. The van der Waals surface area contributed by atoms with Crippen molar-refractivity contribution in [3.8, 4) is 0 Å². The van der Waals surface area contributed by atoms with Crippen LogP contribution in [0.3, 0.4) is 0 Å². The van der Waals surface area contributed by atoms with Gasteiger partial charge in [-0.3, -0.25) is 4.79 Å². The molecule has 1 fully saturated rings. The molecule has 0 bridgehead atoms. The van der Waals surface area contributed by atoms with Crippen molar-refractivity contribution >= 4 is 5.91 Å². The molecule has 0 aromatic carbocycles. The molecule has 0 aliphatic heterocycles. The quantitative estimate of drug-likeness (QED) is 0.576. The lowest BCUT2D eigenvalue weighted by Crippen LogP contribution is -2.30. The Labute approximate surface area is 97.9 Å². The van der Waals surface area contributed by atoms with Crippen LogP contribution in [0.2, 0.25) is 0 Å². The van der Waals surface area contributed by atoms with E-state index in [4.69, 9.17) is 10.5 Å². The normalized spacial score (nSPS) is 17.1. The molecule has 1 amide bonds. The Morgan fingerprint density at radius 2 is 2.31 bits per heavy atom. The number of hydrogen-bond donors (Lipinski definition) is 2. The molecule has 0 aromatic heterocycles. The molecule has 1 aliphatic rings. The van der Waals surface area contributed by atoms with E-state index in [0.29, 0.717) is 32.0 Å². The van der Waals surface area contributed by atoms with Crippen molar-refractivity contribution in [2.45, 2.75) is 32.6 Å². The number of ether oxygens (including phenoxy) is 1. The standard InChI is InChI=1S/C12H24N2O2/c1-2-10(8-13)7-12(15)14-5-6-16-9-11-3-4-11/h10-11H,2-9,13H2,1H3,(H,14,15). The molecule has 1 rings (SSSR count). The summed E-state index contributed by atoms with van der Waals surface area (Å²) in [5.41, 5.74) is 5.54. The first-order valence-electron chi connectivity index (χ1n) is 6.30. The minimum Gasteiger partial charge on any atom is -0.379 e. The van der Waals surface area contributed by atoms with Crippen LogP contribution < -0.4 is 11.1 Å². The summed E-state index contributed by atoms with van der Waals surface area (Å²) >= 11 is 0. The van der Waals surface area contributed by atoms with Gasteiger partial charge in [0.25, 0.3) is 0 Å². The van der Waals surface area contributed by atoms with Crippen LogP contribution in [0.15, 0.2) is 0 Å². The van der Waals surface area contributed by atoms with Crippen LogP contribution in [0, 0.1) is 11.8 Å². The highest BCUT2D eigenvalue weighted by molar-refractivity contribution is 5.76. The zero-order valence-electron chi connectivity index (χ0n) is 10.2. The lowest BCUT2D eigenvalue weighted by atomic mass is 10.0. The van der Waals surface area contributed by atoms with Crippen molar-refractivity contribution in [3.63, 3.8) is 0 Å². The molecule has 94 valence electrons. The topological polar surface area (TPSA) is 64.4 Å². The zero-order valence-corrected chi connectivity index (χ0v) is 10.2. The number of amides is 1. The van der Waals surface area contributed by atoms with Gasteiger partial charge < -0.3 is 15.8 Å². The molecule has 0 radical (unpaired) electrons. The molecule has 0 saturated heterocycles. The molecule has 4 heteroatoms. The largest absolute Gasteiger partial charge is 0.379 e. The predicted octanol–water partition coefficient (Wildman–Crippen LogP) is 0.904. The van der Waals surface area contributed by atoms with Crippen molar-refractivity contribution in [1.82, 2.24) is 5.32 Å². The fraction of sp³-hybridized carbons (Fsp3) is 0.917. The zero-order chi connectivity index (χ0) is 11.8. The van der Waals surface area contributed by atoms with E-state index in [1.165, 1.54) is 12.8 Å². The average molecular weight is 228 g/mol. The van der Waals surface area contributed by atoms with Crippen LogP contribution in [0.5, 0.6) is 0 Å². The Hall–Kier alpha value is -0.610. The van der Waals surface area contributed by atoms with E-state index in [1.54, 1.807) is 0 Å². The number of carbonyl (C=O) groups excluding carboxylic acids is 1. The van der Waals surface area contributed by atoms with Gasteiger partial charge in [-0.15, -0.1) is 0 Å². The monoisotopic (exact) mass is 228 g/mol. The number of nitrogens with one attached hydrogen (secondary N) is 1. The molecule has 0 spiro atoms. The highest BCUT2D eigenvalue weighted by Gasteiger charge is 2.20. The summed E-state index contributed by atoms with van der Waals surface area (Å²) in [4.78, 5) is 11.5. The number of rotatable bonds is 9. The van der Waals surface area contributed by atoms with Crippen molar-refractivity contribution in [2.75, 3.05) is 26.3 Å². The summed E-state index contributed by atoms with van der Waals surface area (Å²) in [5, 5.41) is 2.86. The summed E-state index contributed by atoms with van der Waals surface area (Å²) in [5.74, 6) is 1.19. The molecular weight excluding hydrogens is 204 g/mol. The average Bonchev–Trinajstić information content (AvgIpc) is 3.09. The van der Waals surface area contributed by atoms with Crippen molar-refractivity contribution < 1.29 is 9.53 Å². The molecule has 16 heavy (non-hydrogen) atoms. The van der Waals surface area contributed by atoms with Gasteiger partial charge in [-0.1, -0.05) is 13.3 Å². The van der Waals surface area contributed by atoms with E-state index in [0.717, 1.165) is 18.9 Å². The second kappa shape index (κ2) is 7.63. The van der Waals surface area contributed by atoms with E-state index >= 15 is 0 Å². The van der Waals surface area contributed by atoms with Gasteiger partial charge in [-0.05, 0) is 31.2 Å². The molecule has 3 N–H and O–H groups in total. The van der Waals surface area contributed by atoms with Gasteiger partial charge in [-0.25, -0.2) is 0 Å². The molecule has 1 saturated carbocycles. The molecule has 1 aliphatic carbocycles. The van der Waals surface area contributed by atoms with Crippen LogP contribution in [-0.4, -0.2) is 32.2 Å². The minimum absolute atomic E-state index is 0.0901. The SMILES string of the molecule is CCC(CN)CC(=O)NCCOCC1CC1. The van der Waals surface area contributed by atoms with Gasteiger partial charge in [0.15, 0.2) is 0 Å². The van der Waals surface area contributed by atoms with Gasteiger partial charge in [0.2, 0.25) is 5.91 Å². The summed E-state index contributed by atoms with van der Waals surface area (Å²) in [6, 6.07) is 0. The third kappa shape index (κ3) is 6.08. The lowest BCUT2D eigenvalue weighted by molar-refractivity contribution is -0.122. The van der Waals surface area contributed by atoms with Crippen molar-refractivity contribution in [3.05, 3.63) is 0 Å². The maximum absolute atomic E-state index is 11.5. The minimum atomic E-state index is 0.0901. The molecule has 0 aromatic rings. The van der Waals surface area contributed by atoms with E-state index in [2.05, 4.69) is 12.2 Å². The van der Waals surface area contributed by atoms with Crippen LogP contribution in [0.1, 0.15) is 32.6 Å². The van der Waals surface area contributed by atoms with E-state index in [9.17, 15) is 4.79 Å². The van der Waals surface area contributed by atoms with Gasteiger partial charge in [0.05, 0.1) is 6.61 Å². The Bertz CT molecular complexity index is 201. The maximum Gasteiger partial charge on any atom is 0.220 e. The Morgan fingerprint density at radius 3 is 2.88 bits per heavy atom. The highest BCUT2D eigenvalue weighted by Crippen LogP contribution is 2.28. The summed E-state index contributed by atoms with van der Waals surface area (Å²) in [6.45, 7) is 4.75. The summed E-state index contributed by atoms with van der Waals surface area (Å²) in [6.07, 6.45) is 4.11. The van der Waals surface area contributed by atoms with Crippen LogP contribution in [-0.2, 0) is 9.53 Å². The van der Waals surface area contributed by atoms with Gasteiger partial charge >= 0.3 is 0 Å². The molecule has 1 unspecified atom stereocenters. The number of carbonyl (C=O) groups is 1. The Morgan fingerprint density at radius 1 is 1.56 bits per heavy atom. The first kappa shape index (κ1) is 13.5. The van der Waals surface area contributed by atoms with Crippen LogP contribution >= 0.6 is 0 Å². The maximum atomic E-state index is 11.5. The predicted molar refractivity (Wildman–Crippen MR) is 64.0 cm³/mol. The lowest BCUT2D eigenvalue weighted by Gasteiger charge is -2.11. The third-order valence-electron chi connectivity index (χ3n) is 3.00. The van der Waals surface area contributed by atoms with E-state index < -0.39 is 0 Å². The van der Waals surface area contributed by atoms with Crippen molar-refractivity contribution in [1.29, 1.82) is 0 Å². The van der Waals surface area contributed by atoms with Crippen LogP contribution in [0.4, 0.5) is 0 Å². The first-order valence-corrected chi connectivity index (χ1v) is 6.30. The van der Waals surface area contributed by atoms with Crippen LogP contribution in [0.25, 0.3) is 0 Å². The highest BCUT2D eigenvalue weighted by atomic mass is 16.5. The fourth-order valence-corrected chi connectivity index (χ4v) is 1.53. The van der Waals surface area contributed by atoms with Gasteiger partial charge in [0.1, 0.15) is 0 Å². The Kier molecular flexibility index (Phi) is 6.42. The summed E-state index contributed by atoms with van der Waals surface area (Å²) < 4.78 is 5.43. The third-order valence-corrected chi connectivity index (χ3v) is 3.00. The second-order valence-corrected chi connectivity index (χ2v) is 4.58.